The molecule has 0 bridgehead atoms. The van der Waals surface area contributed by atoms with Gasteiger partial charge in [-0.2, -0.15) is 0 Å². The van der Waals surface area contributed by atoms with Crippen LogP contribution in [-0.4, -0.2) is 5.26 Å². The van der Waals surface area contributed by atoms with Crippen LogP contribution in [0.3, 0.4) is 0 Å². The zero-order valence-electron chi connectivity index (χ0n) is 15.4. The van der Waals surface area contributed by atoms with E-state index >= 15 is 0 Å². The van der Waals surface area contributed by atoms with Crippen LogP contribution in [0.15, 0.2) is 48.5 Å². The van der Waals surface area contributed by atoms with Gasteiger partial charge in [0.25, 0.3) is 0 Å². The molecule has 0 aromatic heterocycles. The predicted molar refractivity (Wildman–Crippen MR) is 97.7 cm³/mol. The number of hydrogen-bond donors (Lipinski definition) is 1. The van der Waals surface area contributed by atoms with Crippen molar-refractivity contribution in [2.45, 2.75) is 25.9 Å². The van der Waals surface area contributed by atoms with Crippen LogP contribution in [0.25, 0.3) is 11.1 Å². The number of rotatable bonds is 6. The smallest absolute Gasteiger partial charge is 0.194 e. The lowest BCUT2D eigenvalue weighted by atomic mass is 9.96. The Morgan fingerprint density at radius 3 is 1.83 bits per heavy atom. The molecule has 152 valence electrons. The molecule has 0 radical (unpaired) electrons. The minimum Gasteiger partial charge on any atom is -0.251 e. The lowest BCUT2D eigenvalue weighted by molar-refractivity contribution is -0.271. The maximum absolute atomic E-state index is 14.7. The summed E-state index contributed by atoms with van der Waals surface area (Å²) in [6.07, 6.45) is -0.0484. The molecule has 0 fully saturated rings. The highest BCUT2D eigenvalue weighted by molar-refractivity contribution is 5.64. The molecule has 0 heterocycles. The van der Waals surface area contributed by atoms with Gasteiger partial charge >= 0.3 is 0 Å². The average molecular weight is 408 g/mol. The van der Waals surface area contributed by atoms with Gasteiger partial charge in [-0.1, -0.05) is 37.6 Å². The summed E-state index contributed by atoms with van der Waals surface area (Å²) in [6, 6.07) is 10.2. The van der Waals surface area contributed by atoms with Gasteiger partial charge < -0.3 is 0 Å². The molecular weight excluding hydrogens is 391 g/mol. The van der Waals surface area contributed by atoms with Crippen LogP contribution in [0.1, 0.15) is 36.1 Å². The molecule has 3 aromatic rings. The molecule has 0 aliphatic carbocycles. The summed E-state index contributed by atoms with van der Waals surface area (Å²) < 4.78 is 69.5. The molecule has 7 heteroatoms. The first-order chi connectivity index (χ1) is 13.8. The highest BCUT2D eigenvalue weighted by Gasteiger charge is 2.26. The van der Waals surface area contributed by atoms with Gasteiger partial charge in [0.1, 0.15) is 17.7 Å². The van der Waals surface area contributed by atoms with Gasteiger partial charge in [-0.3, -0.25) is 5.26 Å². The van der Waals surface area contributed by atoms with Gasteiger partial charge in [0.05, 0.1) is 5.56 Å². The normalized spacial score (nSPS) is 12.2. The van der Waals surface area contributed by atoms with Crippen LogP contribution < -0.4 is 0 Å². The van der Waals surface area contributed by atoms with Crippen molar-refractivity contribution in [3.05, 3.63) is 94.3 Å². The van der Waals surface area contributed by atoms with E-state index in [4.69, 9.17) is 5.26 Å². The fraction of sp³-hybridized carbons (Fsp3) is 0.182. The van der Waals surface area contributed by atoms with Gasteiger partial charge in [-0.15, -0.1) is 0 Å². The monoisotopic (exact) mass is 408 g/mol. The van der Waals surface area contributed by atoms with E-state index in [0.29, 0.717) is 17.7 Å². The molecule has 3 aromatic carbocycles. The second-order valence-corrected chi connectivity index (χ2v) is 6.58. The lowest BCUT2D eigenvalue weighted by Crippen LogP contribution is -2.11. The van der Waals surface area contributed by atoms with Crippen molar-refractivity contribution < 1.29 is 32.1 Å². The molecule has 0 spiro atoms. The highest BCUT2D eigenvalue weighted by Crippen LogP contribution is 2.34. The summed E-state index contributed by atoms with van der Waals surface area (Å²) >= 11 is 0. The van der Waals surface area contributed by atoms with Crippen LogP contribution in [0, 0.1) is 29.1 Å². The van der Waals surface area contributed by atoms with E-state index in [1.807, 2.05) is 19.1 Å². The molecule has 0 aliphatic rings. The molecule has 1 atom stereocenters. The average Bonchev–Trinajstić information content (AvgIpc) is 2.69. The third-order valence-electron chi connectivity index (χ3n) is 4.58. The summed E-state index contributed by atoms with van der Waals surface area (Å²) in [6.45, 7) is 2.04. The van der Waals surface area contributed by atoms with Crippen LogP contribution in [0.2, 0.25) is 0 Å². The fourth-order valence-electron chi connectivity index (χ4n) is 3.16. The van der Waals surface area contributed by atoms with Crippen LogP contribution >= 0.6 is 0 Å². The molecule has 29 heavy (non-hydrogen) atoms. The molecule has 0 saturated carbocycles. The Bertz CT molecular complexity index is 972. The zero-order chi connectivity index (χ0) is 21.1. The topological polar surface area (TPSA) is 29.5 Å². The van der Waals surface area contributed by atoms with Crippen molar-refractivity contribution in [1.29, 1.82) is 0 Å². The van der Waals surface area contributed by atoms with Crippen molar-refractivity contribution in [3.8, 4) is 11.1 Å². The van der Waals surface area contributed by atoms with E-state index in [2.05, 4.69) is 4.89 Å². The maximum atomic E-state index is 14.7. The van der Waals surface area contributed by atoms with Gasteiger partial charge in [-0.05, 0) is 52.9 Å². The predicted octanol–water partition coefficient (Wildman–Crippen LogP) is 6.58. The fourth-order valence-corrected chi connectivity index (χ4v) is 3.16. The van der Waals surface area contributed by atoms with Crippen LogP contribution in [0.5, 0.6) is 0 Å². The van der Waals surface area contributed by atoms with Crippen molar-refractivity contribution in [2.24, 2.45) is 0 Å². The van der Waals surface area contributed by atoms with Crippen molar-refractivity contribution in [1.82, 2.24) is 0 Å². The molecule has 0 saturated heterocycles. The van der Waals surface area contributed by atoms with E-state index in [1.165, 1.54) is 0 Å². The van der Waals surface area contributed by atoms with Crippen molar-refractivity contribution in [3.63, 3.8) is 0 Å². The molecule has 1 unspecified atom stereocenters. The van der Waals surface area contributed by atoms with Crippen LogP contribution in [-0.2, 0) is 11.3 Å². The third-order valence-corrected chi connectivity index (χ3v) is 4.58. The van der Waals surface area contributed by atoms with Crippen molar-refractivity contribution in [2.75, 3.05) is 0 Å². The molecule has 1 N–H and O–H groups in total. The van der Waals surface area contributed by atoms with Gasteiger partial charge in [0, 0.05) is 0 Å². The maximum Gasteiger partial charge on any atom is 0.194 e. The zero-order valence-corrected chi connectivity index (χ0v) is 15.4. The van der Waals surface area contributed by atoms with Crippen LogP contribution in [0.4, 0.5) is 22.0 Å². The second-order valence-electron chi connectivity index (χ2n) is 6.58. The minimum absolute atomic E-state index is 0.236. The van der Waals surface area contributed by atoms with Gasteiger partial charge in [0.15, 0.2) is 17.5 Å². The standard InChI is InChI=1S/C22H17F5O2/c1-2-3-12-4-6-13(7-5-12)14-8-16(23)20(17(24)9-14)22(29-28)15-10-18(25)21(27)19(26)11-15/h4-11,22,28H,2-3H2,1H3. The number of benzene rings is 3. The van der Waals surface area contributed by atoms with Gasteiger partial charge in [-0.25, -0.2) is 26.8 Å². The molecule has 3 rings (SSSR count). The molecule has 2 nitrogen and oxygen atoms in total. The van der Waals surface area contributed by atoms with E-state index < -0.39 is 46.3 Å². The Kier molecular flexibility index (Phi) is 6.30. The molecule has 0 amide bonds. The number of hydrogen-bond acceptors (Lipinski definition) is 2. The Morgan fingerprint density at radius 1 is 0.793 bits per heavy atom. The summed E-state index contributed by atoms with van der Waals surface area (Å²) in [5.41, 5.74) is 0.639. The SMILES string of the molecule is CCCc1ccc(-c2cc(F)c(C(OO)c3cc(F)c(F)c(F)c3)c(F)c2)cc1. The first-order valence-electron chi connectivity index (χ1n) is 8.88. The van der Waals surface area contributed by atoms with E-state index in [1.54, 1.807) is 12.1 Å². The highest BCUT2D eigenvalue weighted by atomic mass is 19.2. The second kappa shape index (κ2) is 8.71. The summed E-state index contributed by atoms with van der Waals surface area (Å²) in [5.74, 6) is -7.09. The Hall–Kier alpha value is -2.77. The quantitative estimate of drug-likeness (QED) is 0.216. The van der Waals surface area contributed by atoms with Crippen molar-refractivity contribution >= 4 is 0 Å². The number of aryl methyl sites for hydroxylation is 1. The van der Waals surface area contributed by atoms with E-state index in [-0.39, 0.29) is 5.56 Å². The Balaban J connectivity index is 2.02. The molecular formula is C22H17F5O2. The third kappa shape index (κ3) is 4.31. The summed E-state index contributed by atoms with van der Waals surface area (Å²) in [7, 11) is 0. The minimum atomic E-state index is -1.89. The lowest BCUT2D eigenvalue weighted by Gasteiger charge is -2.17. The summed E-state index contributed by atoms with van der Waals surface area (Å²) in [5, 5.41) is 9.13. The number of halogens is 5. The van der Waals surface area contributed by atoms with Gasteiger partial charge in [0.2, 0.25) is 0 Å². The van der Waals surface area contributed by atoms with E-state index in [0.717, 1.165) is 30.5 Å². The Labute approximate surface area is 164 Å². The molecule has 0 aliphatic heterocycles. The van der Waals surface area contributed by atoms with E-state index in [9.17, 15) is 22.0 Å². The largest absolute Gasteiger partial charge is 0.251 e. The first-order valence-corrected chi connectivity index (χ1v) is 8.88. The summed E-state index contributed by atoms with van der Waals surface area (Å²) in [4.78, 5) is 4.09. The first kappa shape index (κ1) is 21.0. The Morgan fingerprint density at radius 2 is 1.34 bits per heavy atom.